The Morgan fingerprint density at radius 3 is 2.54 bits per heavy atom. The van der Waals surface area contributed by atoms with Crippen molar-refractivity contribution in [2.24, 2.45) is 0 Å². The van der Waals surface area contributed by atoms with Gasteiger partial charge in [0.25, 0.3) is 5.56 Å². The number of ether oxygens (including phenoxy) is 3. The Morgan fingerprint density at radius 2 is 1.79 bits per heavy atom. The van der Waals surface area contributed by atoms with Gasteiger partial charge in [-0.3, -0.25) is 9.36 Å². The van der Waals surface area contributed by atoms with E-state index in [1.54, 1.807) is 38.0 Å². The molecule has 3 heterocycles. The second-order valence-corrected chi connectivity index (χ2v) is 6.76. The SMILES string of the molecule is COc1ccc2[nH]c3c(c2c1)CCn1c-3nc2cc(OC)c(OC)cc2c1=O. The smallest absolute Gasteiger partial charge is 0.261 e. The van der Waals surface area contributed by atoms with Gasteiger partial charge in [-0.05, 0) is 36.2 Å². The Hall–Kier alpha value is -3.48. The second kappa shape index (κ2) is 6.02. The molecule has 0 bridgehead atoms. The van der Waals surface area contributed by atoms with Gasteiger partial charge in [-0.1, -0.05) is 0 Å². The van der Waals surface area contributed by atoms with Crippen molar-refractivity contribution in [3.05, 3.63) is 46.2 Å². The van der Waals surface area contributed by atoms with Gasteiger partial charge in [-0.25, -0.2) is 4.98 Å². The van der Waals surface area contributed by atoms with Crippen molar-refractivity contribution in [2.75, 3.05) is 21.3 Å². The van der Waals surface area contributed by atoms with Crippen molar-refractivity contribution >= 4 is 21.8 Å². The molecule has 142 valence electrons. The van der Waals surface area contributed by atoms with Crippen LogP contribution in [0.1, 0.15) is 5.56 Å². The number of benzene rings is 2. The summed E-state index contributed by atoms with van der Waals surface area (Å²) >= 11 is 0. The first-order valence-corrected chi connectivity index (χ1v) is 9.00. The molecule has 1 aliphatic rings. The van der Waals surface area contributed by atoms with Crippen LogP contribution in [0.5, 0.6) is 17.2 Å². The molecular weight excluding hydrogens is 358 g/mol. The summed E-state index contributed by atoms with van der Waals surface area (Å²) in [6.45, 7) is 0.572. The van der Waals surface area contributed by atoms with Gasteiger partial charge in [-0.2, -0.15) is 0 Å². The molecule has 0 amide bonds. The van der Waals surface area contributed by atoms with Crippen LogP contribution in [-0.4, -0.2) is 35.9 Å². The molecule has 0 aliphatic carbocycles. The van der Waals surface area contributed by atoms with Crippen LogP contribution in [0.25, 0.3) is 33.3 Å². The van der Waals surface area contributed by atoms with E-state index in [0.717, 1.165) is 34.3 Å². The summed E-state index contributed by atoms with van der Waals surface area (Å²) in [5, 5.41) is 1.62. The number of hydrogen-bond acceptors (Lipinski definition) is 5. The van der Waals surface area contributed by atoms with Crippen molar-refractivity contribution in [1.29, 1.82) is 0 Å². The molecule has 28 heavy (non-hydrogen) atoms. The quantitative estimate of drug-likeness (QED) is 0.593. The number of aromatic amines is 1. The van der Waals surface area contributed by atoms with Gasteiger partial charge in [0.05, 0.1) is 37.9 Å². The monoisotopic (exact) mass is 377 g/mol. The largest absolute Gasteiger partial charge is 0.497 e. The maximum absolute atomic E-state index is 13.2. The number of nitrogens with zero attached hydrogens (tertiary/aromatic N) is 2. The third kappa shape index (κ3) is 2.22. The lowest BCUT2D eigenvalue weighted by atomic mass is 10.0. The predicted molar refractivity (Wildman–Crippen MR) is 107 cm³/mol. The van der Waals surface area contributed by atoms with Crippen LogP contribution in [0, 0.1) is 0 Å². The summed E-state index contributed by atoms with van der Waals surface area (Å²) in [6, 6.07) is 9.37. The Labute approximate surface area is 160 Å². The number of hydrogen-bond donors (Lipinski definition) is 1. The molecule has 0 radical (unpaired) electrons. The molecule has 2 aromatic carbocycles. The highest BCUT2D eigenvalue weighted by Gasteiger charge is 2.25. The van der Waals surface area contributed by atoms with Gasteiger partial charge in [-0.15, -0.1) is 0 Å². The molecule has 0 atom stereocenters. The van der Waals surface area contributed by atoms with E-state index in [1.165, 1.54) is 0 Å². The van der Waals surface area contributed by atoms with E-state index < -0.39 is 0 Å². The lowest BCUT2D eigenvalue weighted by molar-refractivity contribution is 0.355. The molecule has 0 saturated carbocycles. The standard InChI is InChI=1S/C21H19N3O4/c1-26-11-4-5-15-13(8-11)12-6-7-24-20(19(12)22-15)23-16-10-18(28-3)17(27-2)9-14(16)21(24)25/h4-5,8-10,22H,6-7H2,1-3H3. The van der Waals surface area contributed by atoms with Crippen molar-refractivity contribution in [3.63, 3.8) is 0 Å². The molecule has 2 aromatic heterocycles. The lowest BCUT2D eigenvalue weighted by Crippen LogP contribution is -2.27. The van der Waals surface area contributed by atoms with E-state index in [4.69, 9.17) is 19.2 Å². The van der Waals surface area contributed by atoms with Crippen LogP contribution in [-0.2, 0) is 13.0 Å². The third-order valence-electron chi connectivity index (χ3n) is 5.38. The fourth-order valence-electron chi connectivity index (χ4n) is 3.97. The molecule has 1 N–H and O–H groups in total. The Morgan fingerprint density at radius 1 is 1.00 bits per heavy atom. The summed E-state index contributed by atoms with van der Waals surface area (Å²) in [7, 11) is 4.78. The number of fused-ring (bicyclic) bond motifs is 6. The van der Waals surface area contributed by atoms with Gasteiger partial charge in [0.15, 0.2) is 17.3 Å². The van der Waals surface area contributed by atoms with E-state index >= 15 is 0 Å². The molecule has 7 nitrogen and oxygen atoms in total. The molecule has 0 saturated heterocycles. The van der Waals surface area contributed by atoms with E-state index in [-0.39, 0.29) is 5.56 Å². The normalized spacial score (nSPS) is 12.7. The Bertz CT molecular complexity index is 1300. The maximum Gasteiger partial charge on any atom is 0.261 e. The van der Waals surface area contributed by atoms with Crippen LogP contribution in [0.3, 0.4) is 0 Å². The van der Waals surface area contributed by atoms with Gasteiger partial charge < -0.3 is 19.2 Å². The van der Waals surface area contributed by atoms with Crippen LogP contribution < -0.4 is 19.8 Å². The number of nitrogens with one attached hydrogen (secondary N) is 1. The van der Waals surface area contributed by atoms with E-state index in [2.05, 4.69) is 4.98 Å². The summed E-state index contributed by atoms with van der Waals surface area (Å²) in [4.78, 5) is 21.4. The minimum absolute atomic E-state index is 0.0807. The second-order valence-electron chi connectivity index (χ2n) is 6.76. The molecule has 0 fully saturated rings. The lowest BCUT2D eigenvalue weighted by Gasteiger charge is -2.19. The van der Waals surface area contributed by atoms with Crippen molar-refractivity contribution in [3.8, 4) is 28.8 Å². The number of aromatic nitrogens is 3. The molecule has 7 heteroatoms. The summed E-state index contributed by atoms with van der Waals surface area (Å²) < 4.78 is 17.8. The number of methoxy groups -OCH3 is 3. The van der Waals surface area contributed by atoms with Crippen molar-refractivity contribution < 1.29 is 14.2 Å². The average Bonchev–Trinajstić information content (AvgIpc) is 3.11. The predicted octanol–water partition coefficient (Wildman–Crippen LogP) is 3.13. The van der Waals surface area contributed by atoms with Crippen molar-refractivity contribution in [1.82, 2.24) is 14.5 Å². The summed E-state index contributed by atoms with van der Waals surface area (Å²) in [6.07, 6.45) is 0.746. The van der Waals surface area contributed by atoms with Crippen LogP contribution in [0.15, 0.2) is 35.1 Å². The topological polar surface area (TPSA) is 78.4 Å². The summed E-state index contributed by atoms with van der Waals surface area (Å²) in [5.41, 5.74) is 3.53. The van der Waals surface area contributed by atoms with Gasteiger partial charge in [0, 0.05) is 23.5 Å². The zero-order valence-corrected chi connectivity index (χ0v) is 15.8. The third-order valence-corrected chi connectivity index (χ3v) is 5.38. The van der Waals surface area contributed by atoms with Crippen LogP contribution in [0.2, 0.25) is 0 Å². The molecule has 0 spiro atoms. The van der Waals surface area contributed by atoms with Gasteiger partial charge >= 0.3 is 0 Å². The summed E-state index contributed by atoms with van der Waals surface area (Å²) in [5.74, 6) is 2.51. The maximum atomic E-state index is 13.2. The van der Waals surface area contributed by atoms with Crippen LogP contribution in [0.4, 0.5) is 0 Å². The van der Waals surface area contributed by atoms with Gasteiger partial charge in [0.2, 0.25) is 0 Å². The number of aryl methyl sites for hydroxylation is 1. The first-order chi connectivity index (χ1) is 13.6. The minimum Gasteiger partial charge on any atom is -0.497 e. The Balaban J connectivity index is 1.81. The fourth-order valence-corrected chi connectivity index (χ4v) is 3.97. The molecule has 1 aliphatic heterocycles. The molecular formula is C21H19N3O4. The molecule has 0 unspecified atom stereocenters. The first-order valence-electron chi connectivity index (χ1n) is 9.00. The highest BCUT2D eigenvalue weighted by atomic mass is 16.5. The van der Waals surface area contributed by atoms with E-state index in [0.29, 0.717) is 34.8 Å². The highest BCUT2D eigenvalue weighted by Crippen LogP contribution is 2.36. The first kappa shape index (κ1) is 16.7. The number of rotatable bonds is 3. The van der Waals surface area contributed by atoms with Gasteiger partial charge in [0.1, 0.15) is 5.75 Å². The highest BCUT2D eigenvalue weighted by molar-refractivity contribution is 5.92. The van der Waals surface area contributed by atoms with Crippen LogP contribution >= 0.6 is 0 Å². The van der Waals surface area contributed by atoms with E-state index in [1.807, 2.05) is 18.2 Å². The zero-order valence-electron chi connectivity index (χ0n) is 15.8. The fraction of sp³-hybridized carbons (Fsp3) is 0.238. The Kier molecular flexibility index (Phi) is 3.58. The molecule has 4 aromatic rings. The minimum atomic E-state index is -0.0807. The number of H-pyrrole nitrogens is 1. The average molecular weight is 377 g/mol. The molecule has 5 rings (SSSR count). The van der Waals surface area contributed by atoms with Crippen molar-refractivity contribution in [2.45, 2.75) is 13.0 Å². The van der Waals surface area contributed by atoms with E-state index in [9.17, 15) is 4.79 Å². The zero-order chi connectivity index (χ0) is 19.4.